The van der Waals surface area contributed by atoms with Crippen LogP contribution >= 0.6 is 0 Å². The van der Waals surface area contributed by atoms with Gasteiger partial charge in [0, 0.05) is 23.6 Å². The predicted molar refractivity (Wildman–Crippen MR) is 118 cm³/mol. The fraction of sp³-hybridized carbons (Fsp3) is 0.0833. The average Bonchev–Trinajstić information content (AvgIpc) is 3.39. The highest BCUT2D eigenvalue weighted by molar-refractivity contribution is 6.13. The number of nitrogens with zero attached hydrogens (tertiary/aromatic N) is 4. The first kappa shape index (κ1) is 19.6. The first-order chi connectivity index (χ1) is 15.5. The van der Waals surface area contributed by atoms with E-state index < -0.39 is 11.7 Å². The van der Waals surface area contributed by atoms with Crippen LogP contribution in [0.2, 0.25) is 0 Å². The smallest absolute Gasteiger partial charge is 0.259 e. The minimum Gasteiger partial charge on any atom is -0.335 e. The van der Waals surface area contributed by atoms with Gasteiger partial charge >= 0.3 is 0 Å². The molecule has 158 valence electrons. The van der Waals surface area contributed by atoms with E-state index in [0.717, 1.165) is 5.56 Å². The number of nitrogens with one attached hydrogen (secondary N) is 1. The van der Waals surface area contributed by atoms with Crippen LogP contribution in [0, 0.1) is 19.7 Å². The minimum absolute atomic E-state index is 0.270. The molecule has 5 aromatic rings. The highest BCUT2D eigenvalue weighted by Gasteiger charge is 2.20. The standard InChI is InChI=1S/C24H18FN5O2/c1-14-22-18(13-20(28-24(22)32-29-14)16-6-4-3-5-7-16)23(31)27-17-8-9-21(19(25)12-17)30-11-10-26-15(30)2/h3-13H,1-2H3,(H,27,31). The molecule has 0 saturated heterocycles. The van der Waals surface area contributed by atoms with Crippen molar-refractivity contribution in [1.82, 2.24) is 19.7 Å². The normalized spacial score (nSPS) is 11.1. The Hall–Kier alpha value is -4.33. The van der Waals surface area contributed by atoms with Crippen LogP contribution in [0.15, 0.2) is 71.5 Å². The Morgan fingerprint density at radius 2 is 1.91 bits per heavy atom. The number of benzene rings is 2. The number of aryl methyl sites for hydroxylation is 2. The lowest BCUT2D eigenvalue weighted by Crippen LogP contribution is -2.13. The van der Waals surface area contributed by atoms with Crippen LogP contribution in [-0.4, -0.2) is 25.6 Å². The maximum Gasteiger partial charge on any atom is 0.259 e. The van der Waals surface area contributed by atoms with Crippen LogP contribution in [0.3, 0.4) is 0 Å². The third-order valence-electron chi connectivity index (χ3n) is 5.22. The highest BCUT2D eigenvalue weighted by Crippen LogP contribution is 2.28. The highest BCUT2D eigenvalue weighted by atomic mass is 19.1. The van der Waals surface area contributed by atoms with Crippen LogP contribution in [0.4, 0.5) is 10.1 Å². The molecule has 0 aliphatic rings. The fourth-order valence-corrected chi connectivity index (χ4v) is 3.64. The van der Waals surface area contributed by atoms with E-state index in [1.807, 2.05) is 30.3 Å². The Kier molecular flexibility index (Phi) is 4.74. The lowest BCUT2D eigenvalue weighted by atomic mass is 10.0. The van der Waals surface area contributed by atoms with Crippen LogP contribution in [0.25, 0.3) is 28.0 Å². The molecule has 0 atom stereocenters. The number of rotatable bonds is 4. The largest absolute Gasteiger partial charge is 0.335 e. The van der Waals surface area contributed by atoms with Crippen LogP contribution in [0.1, 0.15) is 21.9 Å². The first-order valence-electron chi connectivity index (χ1n) is 9.95. The van der Waals surface area contributed by atoms with E-state index in [0.29, 0.717) is 39.5 Å². The zero-order valence-corrected chi connectivity index (χ0v) is 17.3. The fourth-order valence-electron chi connectivity index (χ4n) is 3.64. The maximum atomic E-state index is 14.8. The summed E-state index contributed by atoms with van der Waals surface area (Å²) in [5.74, 6) is -0.224. The van der Waals surface area contributed by atoms with Gasteiger partial charge in [-0.05, 0) is 38.1 Å². The van der Waals surface area contributed by atoms with E-state index in [4.69, 9.17) is 4.52 Å². The summed E-state index contributed by atoms with van der Waals surface area (Å²) in [7, 11) is 0. The molecule has 0 saturated carbocycles. The molecule has 7 nitrogen and oxygen atoms in total. The molecule has 3 aromatic heterocycles. The first-order valence-corrected chi connectivity index (χ1v) is 9.95. The number of fused-ring (bicyclic) bond motifs is 1. The number of carbonyl (C=O) groups excluding carboxylic acids is 1. The van der Waals surface area contributed by atoms with Crippen molar-refractivity contribution in [1.29, 1.82) is 0 Å². The molecule has 0 radical (unpaired) electrons. The number of hydrogen-bond donors (Lipinski definition) is 1. The number of aromatic nitrogens is 4. The van der Waals surface area contributed by atoms with Gasteiger partial charge in [-0.15, -0.1) is 0 Å². The second-order valence-electron chi connectivity index (χ2n) is 7.33. The SMILES string of the molecule is Cc1noc2nc(-c3ccccc3)cc(C(=O)Nc3ccc(-n4ccnc4C)c(F)c3)c12. The molecule has 0 aliphatic carbocycles. The number of carbonyl (C=O) groups is 1. The zero-order chi connectivity index (χ0) is 22.2. The third-order valence-corrected chi connectivity index (χ3v) is 5.22. The van der Waals surface area contributed by atoms with Crippen LogP contribution < -0.4 is 5.32 Å². The van der Waals surface area contributed by atoms with E-state index in [2.05, 4.69) is 20.4 Å². The van der Waals surface area contributed by atoms with Gasteiger partial charge in [-0.1, -0.05) is 35.5 Å². The summed E-state index contributed by atoms with van der Waals surface area (Å²) >= 11 is 0. The summed E-state index contributed by atoms with van der Waals surface area (Å²) in [6, 6.07) is 15.7. The minimum atomic E-state index is -0.477. The molecule has 2 aromatic carbocycles. The van der Waals surface area contributed by atoms with Crippen molar-refractivity contribution < 1.29 is 13.7 Å². The summed E-state index contributed by atoms with van der Waals surface area (Å²) in [5.41, 5.74) is 3.27. The maximum absolute atomic E-state index is 14.8. The summed E-state index contributed by atoms with van der Waals surface area (Å²) in [6.45, 7) is 3.53. The third kappa shape index (κ3) is 3.41. The summed E-state index contributed by atoms with van der Waals surface area (Å²) in [6.07, 6.45) is 3.28. The molecule has 32 heavy (non-hydrogen) atoms. The molecule has 0 unspecified atom stereocenters. The van der Waals surface area contributed by atoms with Gasteiger partial charge in [0.25, 0.3) is 11.6 Å². The zero-order valence-electron chi connectivity index (χ0n) is 17.3. The van der Waals surface area contributed by atoms with Crippen LogP contribution in [-0.2, 0) is 0 Å². The Bertz CT molecular complexity index is 1460. The van der Waals surface area contributed by atoms with Crippen molar-refractivity contribution in [2.45, 2.75) is 13.8 Å². The molecule has 0 aliphatic heterocycles. The van der Waals surface area contributed by atoms with E-state index in [1.54, 1.807) is 49.0 Å². The van der Waals surface area contributed by atoms with Crippen molar-refractivity contribution >= 4 is 22.7 Å². The number of anilines is 1. The van der Waals surface area contributed by atoms with Gasteiger partial charge in [-0.3, -0.25) is 4.79 Å². The van der Waals surface area contributed by atoms with Gasteiger partial charge in [0.15, 0.2) is 0 Å². The van der Waals surface area contributed by atoms with Gasteiger partial charge in [0.2, 0.25) is 0 Å². The molecule has 1 N–H and O–H groups in total. The predicted octanol–water partition coefficient (Wildman–Crippen LogP) is 5.08. The molecule has 0 spiro atoms. The summed E-state index contributed by atoms with van der Waals surface area (Å²) in [5, 5.41) is 7.25. The van der Waals surface area contributed by atoms with Gasteiger partial charge in [0.05, 0.1) is 28.0 Å². The number of hydrogen-bond acceptors (Lipinski definition) is 5. The van der Waals surface area contributed by atoms with Gasteiger partial charge in [0.1, 0.15) is 11.6 Å². The topological polar surface area (TPSA) is 85.8 Å². The monoisotopic (exact) mass is 427 g/mol. The van der Waals surface area contributed by atoms with Crippen molar-refractivity contribution in [3.05, 3.63) is 89.9 Å². The summed E-state index contributed by atoms with van der Waals surface area (Å²) in [4.78, 5) is 21.8. The molecule has 0 fully saturated rings. The molecule has 3 heterocycles. The molecule has 1 amide bonds. The lowest BCUT2D eigenvalue weighted by molar-refractivity contribution is 0.102. The lowest BCUT2D eigenvalue weighted by Gasteiger charge is -2.11. The van der Waals surface area contributed by atoms with Crippen molar-refractivity contribution in [3.8, 4) is 16.9 Å². The molecular formula is C24H18FN5O2. The van der Waals surface area contributed by atoms with Crippen molar-refractivity contribution in [2.75, 3.05) is 5.32 Å². The van der Waals surface area contributed by atoms with Crippen molar-refractivity contribution in [3.63, 3.8) is 0 Å². The van der Waals surface area contributed by atoms with Gasteiger partial charge in [-0.2, -0.15) is 0 Å². The molecular weight excluding hydrogens is 409 g/mol. The Morgan fingerprint density at radius 1 is 1.09 bits per heavy atom. The molecule has 0 bridgehead atoms. The Balaban J connectivity index is 1.52. The molecule has 8 heteroatoms. The Morgan fingerprint density at radius 3 is 2.62 bits per heavy atom. The number of halogens is 1. The Labute approximate surface area is 182 Å². The quantitative estimate of drug-likeness (QED) is 0.432. The number of imidazole rings is 1. The molecule has 5 rings (SSSR count). The van der Waals surface area contributed by atoms with E-state index in [9.17, 15) is 9.18 Å². The van der Waals surface area contributed by atoms with E-state index in [-0.39, 0.29) is 5.71 Å². The van der Waals surface area contributed by atoms with Gasteiger partial charge in [-0.25, -0.2) is 14.4 Å². The van der Waals surface area contributed by atoms with E-state index >= 15 is 0 Å². The van der Waals surface area contributed by atoms with Crippen LogP contribution in [0.5, 0.6) is 0 Å². The van der Waals surface area contributed by atoms with Gasteiger partial charge < -0.3 is 14.4 Å². The summed E-state index contributed by atoms with van der Waals surface area (Å²) < 4.78 is 21.7. The average molecular weight is 427 g/mol. The van der Waals surface area contributed by atoms with E-state index in [1.165, 1.54) is 6.07 Å². The second-order valence-corrected chi connectivity index (χ2v) is 7.33. The number of pyridine rings is 1. The second kappa shape index (κ2) is 7.73. The number of amides is 1. The van der Waals surface area contributed by atoms with Crippen molar-refractivity contribution in [2.24, 2.45) is 0 Å².